The fourth-order valence-electron chi connectivity index (χ4n) is 3.24. The van der Waals surface area contributed by atoms with Crippen LogP contribution in [0.3, 0.4) is 0 Å². The van der Waals surface area contributed by atoms with Gasteiger partial charge in [0, 0.05) is 25.1 Å². The van der Waals surface area contributed by atoms with Crippen LogP contribution in [0.4, 0.5) is 13.6 Å². The SMILES string of the molecule is C[C@@H]1Cc2nn3c(c2CN1C(=O)O)C(=O)N(C)OC(COCC(F)F)C3. The summed E-state index contributed by atoms with van der Waals surface area (Å²) in [6.45, 7) is 1.14. The lowest BCUT2D eigenvalue weighted by Crippen LogP contribution is -2.42. The number of halogens is 2. The summed E-state index contributed by atoms with van der Waals surface area (Å²) < 4.78 is 30.9. The first-order chi connectivity index (χ1) is 12.3. The molecule has 3 rings (SSSR count). The van der Waals surface area contributed by atoms with Crippen molar-refractivity contribution in [3.8, 4) is 0 Å². The molecule has 1 N–H and O–H groups in total. The van der Waals surface area contributed by atoms with Gasteiger partial charge in [0.05, 0.1) is 25.4 Å². The van der Waals surface area contributed by atoms with Gasteiger partial charge in [0.25, 0.3) is 12.3 Å². The van der Waals surface area contributed by atoms with E-state index in [0.717, 1.165) is 5.06 Å². The third-order valence-corrected chi connectivity index (χ3v) is 4.45. The highest BCUT2D eigenvalue weighted by atomic mass is 19.3. The van der Waals surface area contributed by atoms with Crippen molar-refractivity contribution >= 4 is 12.0 Å². The van der Waals surface area contributed by atoms with Crippen LogP contribution < -0.4 is 0 Å². The van der Waals surface area contributed by atoms with Gasteiger partial charge in [-0.15, -0.1) is 0 Å². The number of carbonyl (C=O) groups is 2. The average Bonchev–Trinajstić information content (AvgIpc) is 2.83. The van der Waals surface area contributed by atoms with E-state index in [1.165, 1.54) is 16.6 Å². The Bertz CT molecular complexity index is 710. The average molecular weight is 374 g/mol. The molecular formula is C15H20F2N4O5. The zero-order valence-corrected chi connectivity index (χ0v) is 14.4. The molecule has 0 bridgehead atoms. The molecule has 0 aromatic carbocycles. The van der Waals surface area contributed by atoms with Gasteiger partial charge in [-0.1, -0.05) is 0 Å². The normalized spacial score (nSPS) is 23.0. The summed E-state index contributed by atoms with van der Waals surface area (Å²) in [5, 5.41) is 14.8. The molecule has 9 nitrogen and oxygen atoms in total. The molecule has 0 fully saturated rings. The van der Waals surface area contributed by atoms with E-state index in [9.17, 15) is 23.5 Å². The standard InChI is InChI=1S/C15H20F2N4O5/c1-8-3-11-10(5-20(8)15(23)24)13-14(22)19(2)26-9(4-21(13)18-11)6-25-7-12(16)17/h8-9,12H,3-7H2,1-2H3,(H,23,24)/t8-,9?/m1/s1. The number of rotatable bonds is 4. The van der Waals surface area contributed by atoms with Crippen LogP contribution in [0.2, 0.25) is 0 Å². The smallest absolute Gasteiger partial charge is 0.407 e. The lowest BCUT2D eigenvalue weighted by Gasteiger charge is -2.30. The van der Waals surface area contributed by atoms with Gasteiger partial charge >= 0.3 is 6.09 Å². The molecule has 0 aliphatic carbocycles. The predicted molar refractivity (Wildman–Crippen MR) is 82.8 cm³/mol. The second-order valence-electron chi connectivity index (χ2n) is 6.38. The number of amides is 2. The Morgan fingerprint density at radius 2 is 2.23 bits per heavy atom. The van der Waals surface area contributed by atoms with Gasteiger partial charge in [-0.05, 0) is 6.92 Å². The van der Waals surface area contributed by atoms with Crippen molar-refractivity contribution in [3.63, 3.8) is 0 Å². The zero-order valence-electron chi connectivity index (χ0n) is 14.4. The number of hydroxylamine groups is 2. The highest BCUT2D eigenvalue weighted by Crippen LogP contribution is 2.28. The van der Waals surface area contributed by atoms with Gasteiger partial charge < -0.3 is 14.7 Å². The number of carbonyl (C=O) groups excluding carboxylic acids is 1. The van der Waals surface area contributed by atoms with E-state index in [-0.39, 0.29) is 31.4 Å². The molecule has 1 aromatic rings. The van der Waals surface area contributed by atoms with E-state index in [0.29, 0.717) is 17.7 Å². The number of aromatic nitrogens is 2. The number of carboxylic acid groups (broad SMARTS) is 1. The lowest BCUT2D eigenvalue weighted by atomic mass is 10.00. The minimum absolute atomic E-state index is 0.0628. The van der Waals surface area contributed by atoms with E-state index >= 15 is 0 Å². The van der Waals surface area contributed by atoms with Gasteiger partial charge in [0.1, 0.15) is 18.4 Å². The minimum Gasteiger partial charge on any atom is -0.465 e. The second-order valence-corrected chi connectivity index (χ2v) is 6.38. The van der Waals surface area contributed by atoms with Crippen LogP contribution in [-0.2, 0) is 29.1 Å². The number of hydrogen-bond donors (Lipinski definition) is 1. The maximum absolute atomic E-state index is 12.7. The Kier molecular flexibility index (Phi) is 5.10. The Balaban J connectivity index is 1.86. The molecule has 0 saturated carbocycles. The highest BCUT2D eigenvalue weighted by molar-refractivity contribution is 5.94. The molecule has 3 heterocycles. The van der Waals surface area contributed by atoms with Crippen LogP contribution in [0.15, 0.2) is 0 Å². The first-order valence-electron chi connectivity index (χ1n) is 8.16. The molecule has 11 heteroatoms. The maximum Gasteiger partial charge on any atom is 0.407 e. The van der Waals surface area contributed by atoms with Gasteiger partial charge in [-0.25, -0.2) is 18.6 Å². The Morgan fingerprint density at radius 3 is 2.88 bits per heavy atom. The monoisotopic (exact) mass is 374 g/mol. The summed E-state index contributed by atoms with van der Waals surface area (Å²) in [6.07, 6.45) is -3.92. The van der Waals surface area contributed by atoms with E-state index in [1.54, 1.807) is 6.92 Å². The lowest BCUT2D eigenvalue weighted by molar-refractivity contribution is -0.169. The molecule has 1 aromatic heterocycles. The fourth-order valence-corrected chi connectivity index (χ4v) is 3.24. The molecule has 0 spiro atoms. The number of nitrogens with zero attached hydrogens (tertiary/aromatic N) is 4. The van der Waals surface area contributed by atoms with Gasteiger partial charge in [-0.2, -0.15) is 5.10 Å². The quantitative estimate of drug-likeness (QED) is 0.844. The van der Waals surface area contributed by atoms with E-state index in [4.69, 9.17) is 9.57 Å². The Labute approximate surface area is 148 Å². The molecule has 2 amide bonds. The maximum atomic E-state index is 12.7. The van der Waals surface area contributed by atoms with Crippen molar-refractivity contribution in [3.05, 3.63) is 17.0 Å². The van der Waals surface area contributed by atoms with E-state index in [2.05, 4.69) is 5.10 Å². The van der Waals surface area contributed by atoms with E-state index in [1.807, 2.05) is 0 Å². The van der Waals surface area contributed by atoms with Crippen molar-refractivity contribution in [1.29, 1.82) is 0 Å². The first-order valence-corrected chi connectivity index (χ1v) is 8.16. The summed E-state index contributed by atoms with van der Waals surface area (Å²) in [5.74, 6) is -0.463. The van der Waals surface area contributed by atoms with Gasteiger partial charge in [0.15, 0.2) is 0 Å². The molecule has 144 valence electrons. The molecular weight excluding hydrogens is 354 g/mol. The van der Waals surface area contributed by atoms with Gasteiger partial charge in [-0.3, -0.25) is 14.3 Å². The van der Waals surface area contributed by atoms with Crippen LogP contribution in [0, 0.1) is 0 Å². The second kappa shape index (κ2) is 7.16. The molecule has 0 saturated heterocycles. The van der Waals surface area contributed by atoms with Crippen molar-refractivity contribution in [2.75, 3.05) is 20.3 Å². The third-order valence-electron chi connectivity index (χ3n) is 4.45. The summed E-state index contributed by atoms with van der Waals surface area (Å²) in [6, 6.07) is -0.256. The van der Waals surface area contributed by atoms with Gasteiger partial charge in [0.2, 0.25) is 0 Å². The van der Waals surface area contributed by atoms with Crippen LogP contribution >= 0.6 is 0 Å². The number of alkyl halides is 2. The van der Waals surface area contributed by atoms with Crippen LogP contribution in [0.5, 0.6) is 0 Å². The molecule has 2 aliphatic heterocycles. The Hall–Kier alpha value is -2.27. The summed E-state index contributed by atoms with van der Waals surface area (Å²) in [7, 11) is 1.41. The first kappa shape index (κ1) is 18.5. The summed E-state index contributed by atoms with van der Waals surface area (Å²) in [4.78, 5) is 30.8. The zero-order chi connectivity index (χ0) is 19.0. The Morgan fingerprint density at radius 1 is 1.50 bits per heavy atom. The minimum atomic E-state index is -2.59. The molecule has 0 radical (unpaired) electrons. The van der Waals surface area contributed by atoms with E-state index < -0.39 is 31.1 Å². The topological polar surface area (TPSA) is 97.1 Å². The number of fused-ring (bicyclic) bond motifs is 3. The summed E-state index contributed by atoms with van der Waals surface area (Å²) >= 11 is 0. The number of ether oxygens (including phenoxy) is 1. The predicted octanol–water partition coefficient (Wildman–Crippen LogP) is 0.975. The molecule has 2 atom stereocenters. The molecule has 1 unspecified atom stereocenters. The van der Waals surface area contributed by atoms with Crippen LogP contribution in [-0.4, -0.2) is 75.7 Å². The van der Waals surface area contributed by atoms with Crippen LogP contribution in [0.25, 0.3) is 0 Å². The van der Waals surface area contributed by atoms with Crippen molar-refractivity contribution in [1.82, 2.24) is 19.7 Å². The number of hydrogen-bond acceptors (Lipinski definition) is 5. The van der Waals surface area contributed by atoms with Crippen molar-refractivity contribution in [2.45, 2.75) is 45.0 Å². The third kappa shape index (κ3) is 3.49. The largest absolute Gasteiger partial charge is 0.465 e. The summed E-state index contributed by atoms with van der Waals surface area (Å²) in [5.41, 5.74) is 1.48. The molecule has 2 aliphatic rings. The fraction of sp³-hybridized carbons (Fsp3) is 0.667. The van der Waals surface area contributed by atoms with Crippen LogP contribution in [0.1, 0.15) is 28.7 Å². The van der Waals surface area contributed by atoms with Crippen molar-refractivity contribution < 1.29 is 33.1 Å². The molecule has 26 heavy (non-hydrogen) atoms. The highest BCUT2D eigenvalue weighted by Gasteiger charge is 2.37. The van der Waals surface area contributed by atoms with Crippen molar-refractivity contribution in [2.24, 2.45) is 0 Å².